The van der Waals surface area contributed by atoms with Gasteiger partial charge in [-0.25, -0.2) is 0 Å². The first-order valence-corrected chi connectivity index (χ1v) is 7.59. The van der Waals surface area contributed by atoms with Gasteiger partial charge in [0.25, 0.3) is 11.6 Å². The molecule has 1 unspecified atom stereocenters. The van der Waals surface area contributed by atoms with E-state index in [2.05, 4.69) is 5.32 Å². The number of amides is 1. The third-order valence-electron chi connectivity index (χ3n) is 3.57. The van der Waals surface area contributed by atoms with E-state index in [1.807, 2.05) is 0 Å². The molecule has 1 aliphatic rings. The number of ether oxygens (including phenoxy) is 2. The van der Waals surface area contributed by atoms with E-state index in [1.54, 1.807) is 0 Å². The van der Waals surface area contributed by atoms with Crippen LogP contribution in [0.3, 0.4) is 0 Å². The van der Waals surface area contributed by atoms with Crippen LogP contribution in [-0.2, 0) is 9.47 Å². The van der Waals surface area contributed by atoms with E-state index in [9.17, 15) is 14.9 Å². The first kappa shape index (κ1) is 17.2. The van der Waals surface area contributed by atoms with Crippen LogP contribution in [0.15, 0.2) is 18.2 Å². The lowest BCUT2D eigenvalue weighted by Crippen LogP contribution is -2.25. The minimum atomic E-state index is -0.606. The summed E-state index contributed by atoms with van der Waals surface area (Å²) in [6, 6.07) is 4.00. The molecule has 3 N–H and O–H groups in total. The molecule has 8 heteroatoms. The summed E-state index contributed by atoms with van der Waals surface area (Å²) < 4.78 is 10.9. The number of hydrogen-bond acceptors (Lipinski definition) is 6. The summed E-state index contributed by atoms with van der Waals surface area (Å²) in [6.45, 7) is 2.35. The molecule has 0 aliphatic carbocycles. The molecule has 1 saturated heterocycles. The number of anilines is 1. The topological polar surface area (TPSA) is 117 Å². The standard InChI is InChI=1S/C15H21N3O5/c16-13-5-4-11(9-14(13)18(20)21)15(19)17-6-2-7-22-10-12-3-1-8-23-12/h4-5,9,12H,1-3,6-8,10,16H2,(H,17,19). The van der Waals surface area contributed by atoms with Crippen molar-refractivity contribution in [3.63, 3.8) is 0 Å². The van der Waals surface area contributed by atoms with Crippen LogP contribution in [0.25, 0.3) is 0 Å². The molecule has 0 bridgehead atoms. The van der Waals surface area contributed by atoms with Gasteiger partial charge in [-0.2, -0.15) is 0 Å². The quantitative estimate of drug-likeness (QED) is 0.324. The number of carbonyl (C=O) groups is 1. The van der Waals surface area contributed by atoms with Crippen molar-refractivity contribution in [1.29, 1.82) is 0 Å². The van der Waals surface area contributed by atoms with Gasteiger partial charge in [-0.05, 0) is 31.4 Å². The predicted octanol–water partition coefficient (Wildman–Crippen LogP) is 1.49. The third-order valence-corrected chi connectivity index (χ3v) is 3.57. The summed E-state index contributed by atoms with van der Waals surface area (Å²) in [5, 5.41) is 13.5. The maximum Gasteiger partial charge on any atom is 0.292 e. The zero-order chi connectivity index (χ0) is 16.7. The number of nitrogens with two attached hydrogens (primary N) is 1. The van der Waals surface area contributed by atoms with Crippen LogP contribution in [0.2, 0.25) is 0 Å². The van der Waals surface area contributed by atoms with E-state index >= 15 is 0 Å². The summed E-state index contributed by atoms with van der Waals surface area (Å²) in [5.74, 6) is -0.368. The molecule has 0 saturated carbocycles. The van der Waals surface area contributed by atoms with Crippen LogP contribution in [0.5, 0.6) is 0 Å². The smallest absolute Gasteiger partial charge is 0.292 e. The van der Waals surface area contributed by atoms with Crippen molar-refractivity contribution in [3.05, 3.63) is 33.9 Å². The van der Waals surface area contributed by atoms with Crippen LogP contribution in [-0.4, -0.2) is 43.3 Å². The molecule has 126 valence electrons. The van der Waals surface area contributed by atoms with E-state index in [1.165, 1.54) is 18.2 Å². The third kappa shape index (κ3) is 5.19. The molecule has 1 fully saturated rings. The zero-order valence-corrected chi connectivity index (χ0v) is 12.8. The van der Waals surface area contributed by atoms with Crippen molar-refractivity contribution in [2.24, 2.45) is 0 Å². The summed E-state index contributed by atoms with van der Waals surface area (Å²) in [7, 11) is 0. The Kier molecular flexibility index (Phi) is 6.30. The Bertz CT molecular complexity index is 558. The lowest BCUT2D eigenvalue weighted by molar-refractivity contribution is -0.383. The molecule has 8 nitrogen and oxygen atoms in total. The Labute approximate surface area is 134 Å². The van der Waals surface area contributed by atoms with Gasteiger partial charge in [0, 0.05) is 31.4 Å². The van der Waals surface area contributed by atoms with E-state index in [0.29, 0.717) is 26.2 Å². The van der Waals surface area contributed by atoms with Gasteiger partial charge in [0.2, 0.25) is 0 Å². The molecule has 2 rings (SSSR count). The molecule has 0 spiro atoms. The molecule has 0 aromatic heterocycles. The monoisotopic (exact) mass is 323 g/mol. The van der Waals surface area contributed by atoms with Gasteiger partial charge < -0.3 is 20.5 Å². The molecular formula is C15H21N3O5. The Morgan fingerprint density at radius 2 is 2.35 bits per heavy atom. The zero-order valence-electron chi connectivity index (χ0n) is 12.8. The number of rotatable bonds is 8. The van der Waals surface area contributed by atoms with Crippen molar-refractivity contribution < 1.29 is 19.2 Å². The van der Waals surface area contributed by atoms with Crippen LogP contribution in [0.4, 0.5) is 11.4 Å². The Balaban J connectivity index is 1.68. The average molecular weight is 323 g/mol. The fourth-order valence-electron chi connectivity index (χ4n) is 2.31. The maximum atomic E-state index is 11.9. The van der Waals surface area contributed by atoms with Crippen LogP contribution in [0, 0.1) is 10.1 Å². The fraction of sp³-hybridized carbons (Fsp3) is 0.533. The minimum Gasteiger partial charge on any atom is -0.393 e. The second-order valence-corrected chi connectivity index (χ2v) is 5.35. The molecule has 23 heavy (non-hydrogen) atoms. The van der Waals surface area contributed by atoms with E-state index in [4.69, 9.17) is 15.2 Å². The van der Waals surface area contributed by atoms with Crippen LogP contribution in [0.1, 0.15) is 29.6 Å². The minimum absolute atomic E-state index is 0.0362. The Morgan fingerprint density at radius 3 is 3.04 bits per heavy atom. The van der Waals surface area contributed by atoms with E-state index < -0.39 is 4.92 Å². The molecule has 1 aromatic carbocycles. The molecule has 1 aromatic rings. The van der Waals surface area contributed by atoms with Crippen molar-refractivity contribution >= 4 is 17.3 Å². The number of nitrogens with zero attached hydrogens (tertiary/aromatic N) is 1. The van der Waals surface area contributed by atoms with Gasteiger partial charge in [-0.15, -0.1) is 0 Å². The SMILES string of the molecule is Nc1ccc(C(=O)NCCCOCC2CCCO2)cc1[N+](=O)[O-]. The van der Waals surface area contributed by atoms with Gasteiger partial charge in [0.15, 0.2) is 0 Å². The van der Waals surface area contributed by atoms with Crippen molar-refractivity contribution in [3.8, 4) is 0 Å². The molecule has 1 heterocycles. The van der Waals surface area contributed by atoms with Gasteiger partial charge in [-0.3, -0.25) is 14.9 Å². The molecule has 1 amide bonds. The van der Waals surface area contributed by atoms with Crippen LogP contribution < -0.4 is 11.1 Å². The number of carbonyl (C=O) groups excluding carboxylic acids is 1. The highest BCUT2D eigenvalue weighted by atomic mass is 16.6. The molecular weight excluding hydrogens is 302 g/mol. The number of nitro groups is 1. The molecule has 0 radical (unpaired) electrons. The Morgan fingerprint density at radius 1 is 1.52 bits per heavy atom. The summed E-state index contributed by atoms with van der Waals surface area (Å²) in [6.07, 6.45) is 2.97. The number of nitrogen functional groups attached to an aromatic ring is 1. The predicted molar refractivity (Wildman–Crippen MR) is 84.3 cm³/mol. The highest BCUT2D eigenvalue weighted by Crippen LogP contribution is 2.22. The fourth-order valence-corrected chi connectivity index (χ4v) is 2.31. The average Bonchev–Trinajstić information content (AvgIpc) is 3.04. The lowest BCUT2D eigenvalue weighted by Gasteiger charge is -2.10. The maximum absolute atomic E-state index is 11.9. The van der Waals surface area contributed by atoms with Crippen molar-refractivity contribution in [2.45, 2.75) is 25.4 Å². The van der Waals surface area contributed by atoms with Crippen LogP contribution >= 0.6 is 0 Å². The number of nitro benzene ring substituents is 1. The van der Waals surface area contributed by atoms with Crippen molar-refractivity contribution in [1.82, 2.24) is 5.32 Å². The van der Waals surface area contributed by atoms with Gasteiger partial charge in [0.1, 0.15) is 5.69 Å². The Hall–Kier alpha value is -2.19. The first-order chi connectivity index (χ1) is 11.1. The van der Waals surface area contributed by atoms with Crippen molar-refractivity contribution in [2.75, 3.05) is 32.1 Å². The lowest BCUT2D eigenvalue weighted by atomic mass is 10.1. The largest absolute Gasteiger partial charge is 0.393 e. The van der Waals surface area contributed by atoms with E-state index in [-0.39, 0.29) is 28.9 Å². The van der Waals surface area contributed by atoms with Gasteiger partial charge >= 0.3 is 0 Å². The molecule has 1 aliphatic heterocycles. The summed E-state index contributed by atoms with van der Waals surface area (Å²) in [4.78, 5) is 22.1. The number of benzene rings is 1. The highest BCUT2D eigenvalue weighted by molar-refractivity contribution is 5.95. The number of nitrogens with one attached hydrogen (secondary N) is 1. The van der Waals surface area contributed by atoms with Gasteiger partial charge in [0.05, 0.1) is 17.6 Å². The summed E-state index contributed by atoms with van der Waals surface area (Å²) >= 11 is 0. The number of hydrogen-bond donors (Lipinski definition) is 2. The highest BCUT2D eigenvalue weighted by Gasteiger charge is 2.16. The molecule has 1 atom stereocenters. The van der Waals surface area contributed by atoms with Gasteiger partial charge in [-0.1, -0.05) is 0 Å². The normalized spacial score (nSPS) is 17.1. The summed E-state index contributed by atoms with van der Waals surface area (Å²) in [5.41, 5.74) is 5.48. The first-order valence-electron chi connectivity index (χ1n) is 7.59. The van der Waals surface area contributed by atoms with E-state index in [0.717, 1.165) is 19.4 Å². The second kappa shape index (κ2) is 8.44. The second-order valence-electron chi connectivity index (χ2n) is 5.35.